The molecule has 1 heterocycles. The second kappa shape index (κ2) is 6.17. The molecule has 0 aliphatic carbocycles. The Hall–Kier alpha value is -1.12. The maximum atomic E-state index is 12.6. The van der Waals surface area contributed by atoms with Crippen molar-refractivity contribution in [3.8, 4) is 0 Å². The van der Waals surface area contributed by atoms with Crippen molar-refractivity contribution in [1.29, 1.82) is 0 Å². The fourth-order valence-electron chi connectivity index (χ4n) is 2.65. The van der Waals surface area contributed by atoms with E-state index in [9.17, 15) is 26.7 Å². The zero-order chi connectivity index (χ0) is 16.5. The van der Waals surface area contributed by atoms with Gasteiger partial charge in [-0.3, -0.25) is 4.90 Å². The minimum absolute atomic E-state index is 0.0448. The summed E-state index contributed by atoms with van der Waals surface area (Å²) in [5.41, 5.74) is -0.0736. The largest absolute Gasteiger partial charge is 0.416 e. The summed E-state index contributed by atoms with van der Waals surface area (Å²) in [6.07, 6.45) is -3.47. The average molecular weight is 337 g/mol. The number of aliphatic hydroxyl groups is 1. The van der Waals surface area contributed by atoms with Gasteiger partial charge >= 0.3 is 6.18 Å². The number of benzene rings is 1. The second-order valence-electron chi connectivity index (χ2n) is 5.65. The molecule has 2 unspecified atom stereocenters. The van der Waals surface area contributed by atoms with E-state index in [0.29, 0.717) is 18.5 Å². The predicted molar refractivity (Wildman–Crippen MR) is 76.1 cm³/mol. The van der Waals surface area contributed by atoms with Crippen molar-refractivity contribution in [2.24, 2.45) is 0 Å². The van der Waals surface area contributed by atoms with Gasteiger partial charge in [0.15, 0.2) is 0 Å². The van der Waals surface area contributed by atoms with Crippen molar-refractivity contribution in [3.05, 3.63) is 35.4 Å². The Morgan fingerprint density at radius 3 is 2.36 bits per heavy atom. The maximum absolute atomic E-state index is 12.6. The Balaban J connectivity index is 2.14. The molecule has 0 radical (unpaired) electrons. The molecule has 0 spiro atoms. The van der Waals surface area contributed by atoms with Crippen molar-refractivity contribution < 1.29 is 26.7 Å². The van der Waals surface area contributed by atoms with Crippen LogP contribution in [0.2, 0.25) is 0 Å². The van der Waals surface area contributed by atoms with Crippen LogP contribution < -0.4 is 0 Å². The van der Waals surface area contributed by atoms with Crippen molar-refractivity contribution in [3.63, 3.8) is 0 Å². The molecular formula is C14H18F3NO3S. The molecule has 1 N–H and O–H groups in total. The summed E-state index contributed by atoms with van der Waals surface area (Å²) in [7, 11) is -3.13. The molecule has 1 aromatic rings. The zero-order valence-electron chi connectivity index (χ0n) is 12.0. The molecule has 1 aromatic carbocycles. The first-order chi connectivity index (χ1) is 10.1. The predicted octanol–water partition coefficient (Wildman–Crippen LogP) is 1.86. The van der Waals surface area contributed by atoms with Crippen LogP contribution >= 0.6 is 0 Å². The first-order valence-electron chi connectivity index (χ1n) is 6.83. The Morgan fingerprint density at radius 1 is 1.27 bits per heavy atom. The molecule has 1 saturated heterocycles. The third kappa shape index (κ3) is 4.44. The number of nitrogens with zero attached hydrogens (tertiary/aromatic N) is 1. The number of rotatable bonds is 4. The molecule has 2 atom stereocenters. The van der Waals surface area contributed by atoms with Crippen LogP contribution in [0.5, 0.6) is 0 Å². The molecule has 1 aliphatic rings. The van der Waals surface area contributed by atoms with E-state index in [2.05, 4.69) is 0 Å². The van der Waals surface area contributed by atoms with Crippen LogP contribution in [-0.2, 0) is 16.0 Å². The molecule has 1 aliphatic heterocycles. The highest BCUT2D eigenvalue weighted by Crippen LogP contribution is 2.34. The third-order valence-electron chi connectivity index (χ3n) is 3.75. The summed E-state index contributed by atoms with van der Waals surface area (Å²) in [6, 6.07) is 4.53. The van der Waals surface area contributed by atoms with E-state index in [1.165, 1.54) is 12.1 Å². The summed E-state index contributed by atoms with van der Waals surface area (Å²) in [5.74, 6) is -0.0448. The molecule has 124 valence electrons. The van der Waals surface area contributed by atoms with Crippen LogP contribution in [0.3, 0.4) is 0 Å². The van der Waals surface area contributed by atoms with Crippen LogP contribution in [0.15, 0.2) is 24.3 Å². The lowest BCUT2D eigenvalue weighted by Gasteiger charge is -2.24. The van der Waals surface area contributed by atoms with Crippen LogP contribution in [0.1, 0.15) is 23.6 Å². The van der Waals surface area contributed by atoms with E-state index >= 15 is 0 Å². The quantitative estimate of drug-likeness (QED) is 0.911. The van der Waals surface area contributed by atoms with Crippen molar-refractivity contribution in [2.75, 3.05) is 25.1 Å². The SMILES string of the molecule is CS(=O)(=O)CCN1CC(O)CC1c1ccc(C(F)(F)F)cc1. The van der Waals surface area contributed by atoms with Gasteiger partial charge in [0.05, 0.1) is 17.4 Å². The van der Waals surface area contributed by atoms with Crippen LogP contribution in [0.25, 0.3) is 0 Å². The monoisotopic (exact) mass is 337 g/mol. The van der Waals surface area contributed by atoms with Gasteiger partial charge in [0.1, 0.15) is 9.84 Å². The van der Waals surface area contributed by atoms with Gasteiger partial charge in [0.25, 0.3) is 0 Å². The van der Waals surface area contributed by atoms with Crippen molar-refractivity contribution >= 4 is 9.84 Å². The van der Waals surface area contributed by atoms with E-state index in [4.69, 9.17) is 0 Å². The second-order valence-corrected chi connectivity index (χ2v) is 7.91. The number of sulfone groups is 1. The topological polar surface area (TPSA) is 57.6 Å². The highest BCUT2D eigenvalue weighted by Gasteiger charge is 2.34. The summed E-state index contributed by atoms with van der Waals surface area (Å²) >= 11 is 0. The van der Waals surface area contributed by atoms with Crippen LogP contribution in [-0.4, -0.2) is 49.6 Å². The molecule has 0 aromatic heterocycles. The normalized spacial score (nSPS) is 23.9. The molecule has 0 amide bonds. The first kappa shape index (κ1) is 17.2. The fraction of sp³-hybridized carbons (Fsp3) is 0.571. The zero-order valence-corrected chi connectivity index (χ0v) is 12.9. The van der Waals surface area contributed by atoms with Gasteiger partial charge in [-0.15, -0.1) is 0 Å². The molecule has 8 heteroatoms. The Kier molecular flexibility index (Phi) is 4.84. The number of alkyl halides is 3. The van der Waals surface area contributed by atoms with E-state index in [0.717, 1.165) is 18.4 Å². The summed E-state index contributed by atoms with van der Waals surface area (Å²) < 4.78 is 60.2. The molecular weight excluding hydrogens is 319 g/mol. The number of aliphatic hydroxyl groups excluding tert-OH is 1. The number of hydrogen-bond donors (Lipinski definition) is 1. The van der Waals surface area contributed by atoms with E-state index in [-0.39, 0.29) is 18.3 Å². The van der Waals surface area contributed by atoms with Gasteiger partial charge in [-0.2, -0.15) is 13.2 Å². The van der Waals surface area contributed by atoms with Gasteiger partial charge in [-0.25, -0.2) is 8.42 Å². The lowest BCUT2D eigenvalue weighted by atomic mass is 10.0. The van der Waals surface area contributed by atoms with Gasteiger partial charge < -0.3 is 5.11 Å². The molecule has 22 heavy (non-hydrogen) atoms. The minimum atomic E-state index is -4.39. The van der Waals surface area contributed by atoms with E-state index < -0.39 is 27.7 Å². The Bertz CT molecular complexity index is 613. The maximum Gasteiger partial charge on any atom is 0.416 e. The molecule has 4 nitrogen and oxygen atoms in total. The summed E-state index contributed by atoms with van der Waals surface area (Å²) in [4.78, 5) is 1.80. The lowest BCUT2D eigenvalue weighted by Crippen LogP contribution is -2.30. The lowest BCUT2D eigenvalue weighted by molar-refractivity contribution is -0.137. The molecule has 1 fully saturated rings. The van der Waals surface area contributed by atoms with E-state index in [1.54, 1.807) is 4.90 Å². The smallest absolute Gasteiger partial charge is 0.392 e. The molecule has 0 saturated carbocycles. The number of halogens is 3. The Labute approximate surface area is 127 Å². The van der Waals surface area contributed by atoms with Crippen molar-refractivity contribution in [1.82, 2.24) is 4.90 Å². The van der Waals surface area contributed by atoms with Gasteiger partial charge in [0.2, 0.25) is 0 Å². The van der Waals surface area contributed by atoms with Gasteiger partial charge in [-0.05, 0) is 24.1 Å². The van der Waals surface area contributed by atoms with E-state index in [1.807, 2.05) is 0 Å². The fourth-order valence-corrected chi connectivity index (χ4v) is 3.22. The number of likely N-dealkylation sites (tertiary alicyclic amines) is 1. The highest BCUT2D eigenvalue weighted by atomic mass is 32.2. The first-order valence-corrected chi connectivity index (χ1v) is 8.89. The van der Waals surface area contributed by atoms with Crippen molar-refractivity contribution in [2.45, 2.75) is 24.7 Å². The van der Waals surface area contributed by atoms with Gasteiger partial charge in [-0.1, -0.05) is 12.1 Å². The standard InChI is InChI=1S/C14H18F3NO3S/c1-22(20,21)7-6-18-9-12(19)8-13(18)10-2-4-11(5-3-10)14(15,16)17/h2-5,12-13,19H,6-9H2,1H3. The van der Waals surface area contributed by atoms with Crippen LogP contribution in [0.4, 0.5) is 13.2 Å². The van der Waals surface area contributed by atoms with Crippen LogP contribution in [0, 0.1) is 0 Å². The number of hydrogen-bond acceptors (Lipinski definition) is 4. The number of β-amino-alcohol motifs (C(OH)–C–C–N with tert-alkyl or cyclic N) is 1. The summed E-state index contributed by atoms with van der Waals surface area (Å²) in [5, 5.41) is 9.77. The molecule has 0 bridgehead atoms. The third-order valence-corrected chi connectivity index (χ3v) is 4.68. The molecule has 2 rings (SSSR count). The Morgan fingerprint density at radius 2 is 1.86 bits per heavy atom. The highest BCUT2D eigenvalue weighted by molar-refractivity contribution is 7.90. The summed E-state index contributed by atoms with van der Waals surface area (Å²) in [6.45, 7) is 0.572. The van der Waals surface area contributed by atoms with Gasteiger partial charge in [0, 0.05) is 25.4 Å². The minimum Gasteiger partial charge on any atom is -0.392 e. The average Bonchev–Trinajstić information content (AvgIpc) is 2.76.